The second kappa shape index (κ2) is 4.72. The Kier molecular flexibility index (Phi) is 2.76. The second-order valence-corrected chi connectivity index (χ2v) is 3.55. The maximum Gasteiger partial charge on any atom is 0.433 e. The highest BCUT2D eigenvalue weighted by Crippen LogP contribution is 2.13. The number of nitrogens with one attached hydrogen (secondary N) is 1. The van der Waals surface area contributed by atoms with E-state index in [4.69, 9.17) is 4.42 Å². The standard InChI is InChI=1S/C9H6N8O3/c18-17(19)9-4-1-6(20-9)5-10-11-7-2-3-8-12-14-15-16(8)13-7/h1-5H,(H,11,13). The van der Waals surface area contributed by atoms with E-state index in [9.17, 15) is 10.1 Å². The van der Waals surface area contributed by atoms with Crippen molar-refractivity contribution in [3.63, 3.8) is 0 Å². The van der Waals surface area contributed by atoms with E-state index in [0.29, 0.717) is 11.5 Å². The Morgan fingerprint density at radius 1 is 1.40 bits per heavy atom. The molecule has 3 aromatic heterocycles. The van der Waals surface area contributed by atoms with Crippen molar-refractivity contribution in [2.24, 2.45) is 5.10 Å². The van der Waals surface area contributed by atoms with Gasteiger partial charge >= 0.3 is 5.88 Å². The first-order chi connectivity index (χ1) is 9.72. The molecule has 20 heavy (non-hydrogen) atoms. The van der Waals surface area contributed by atoms with E-state index >= 15 is 0 Å². The van der Waals surface area contributed by atoms with Crippen molar-refractivity contribution in [1.29, 1.82) is 0 Å². The molecule has 0 aliphatic carbocycles. The fourth-order valence-corrected chi connectivity index (χ4v) is 1.38. The zero-order chi connectivity index (χ0) is 13.9. The Morgan fingerprint density at radius 3 is 3.10 bits per heavy atom. The molecule has 11 nitrogen and oxygen atoms in total. The van der Waals surface area contributed by atoms with Crippen molar-refractivity contribution in [3.8, 4) is 0 Å². The molecule has 0 amide bonds. The van der Waals surface area contributed by atoms with Crippen LogP contribution >= 0.6 is 0 Å². The van der Waals surface area contributed by atoms with Crippen LogP contribution in [0.5, 0.6) is 0 Å². The van der Waals surface area contributed by atoms with E-state index in [2.05, 4.69) is 31.2 Å². The van der Waals surface area contributed by atoms with Gasteiger partial charge in [0.25, 0.3) is 0 Å². The first-order valence-electron chi connectivity index (χ1n) is 5.31. The first kappa shape index (κ1) is 11.7. The molecule has 0 bridgehead atoms. The third-order valence-electron chi connectivity index (χ3n) is 2.23. The number of tetrazole rings is 1. The molecule has 0 aliphatic heterocycles. The highest BCUT2D eigenvalue weighted by Gasteiger charge is 2.10. The molecule has 3 heterocycles. The maximum absolute atomic E-state index is 10.4. The number of hydrazone groups is 1. The van der Waals surface area contributed by atoms with Crippen molar-refractivity contribution in [2.75, 3.05) is 5.43 Å². The number of nitro groups is 1. The Balaban J connectivity index is 1.71. The minimum absolute atomic E-state index is 0.243. The Bertz CT molecular complexity index is 791. The summed E-state index contributed by atoms with van der Waals surface area (Å²) in [4.78, 5) is 9.80. The molecule has 11 heteroatoms. The maximum atomic E-state index is 10.4. The molecule has 3 aromatic rings. The fraction of sp³-hybridized carbons (Fsp3) is 0. The first-order valence-corrected chi connectivity index (χ1v) is 5.31. The monoisotopic (exact) mass is 274 g/mol. The van der Waals surface area contributed by atoms with Gasteiger partial charge in [0.1, 0.15) is 4.92 Å². The number of anilines is 1. The van der Waals surface area contributed by atoms with Gasteiger partial charge in [0.15, 0.2) is 17.2 Å². The number of hydrogen-bond donors (Lipinski definition) is 1. The lowest BCUT2D eigenvalue weighted by atomic mass is 10.5. The van der Waals surface area contributed by atoms with Gasteiger partial charge in [-0.05, 0) is 28.6 Å². The zero-order valence-electron chi connectivity index (χ0n) is 9.74. The van der Waals surface area contributed by atoms with E-state index in [1.807, 2.05) is 0 Å². The third kappa shape index (κ3) is 2.27. The SMILES string of the molecule is O=[N+]([O-])c1ccc(C=NNc2ccc3nnnn3n2)o1. The van der Waals surface area contributed by atoms with Gasteiger partial charge in [0.2, 0.25) is 0 Å². The van der Waals surface area contributed by atoms with Crippen LogP contribution in [0.25, 0.3) is 5.65 Å². The summed E-state index contributed by atoms with van der Waals surface area (Å²) in [6.07, 6.45) is 1.29. The molecule has 0 saturated carbocycles. The number of aromatic nitrogens is 5. The van der Waals surface area contributed by atoms with Crippen molar-refractivity contribution in [1.82, 2.24) is 25.3 Å². The number of nitrogens with zero attached hydrogens (tertiary/aromatic N) is 7. The largest absolute Gasteiger partial charge is 0.433 e. The van der Waals surface area contributed by atoms with Crippen LogP contribution in [0.15, 0.2) is 33.8 Å². The van der Waals surface area contributed by atoms with Crippen molar-refractivity contribution in [2.45, 2.75) is 0 Å². The van der Waals surface area contributed by atoms with Gasteiger partial charge in [0, 0.05) is 0 Å². The molecule has 0 saturated heterocycles. The van der Waals surface area contributed by atoms with Gasteiger partial charge < -0.3 is 4.42 Å². The summed E-state index contributed by atoms with van der Waals surface area (Å²) in [5.74, 6) is 0.300. The molecule has 0 spiro atoms. The minimum atomic E-state index is -0.627. The molecular weight excluding hydrogens is 268 g/mol. The molecular formula is C9H6N8O3. The van der Waals surface area contributed by atoms with Crippen LogP contribution in [0.2, 0.25) is 0 Å². The van der Waals surface area contributed by atoms with Crippen LogP contribution in [0.1, 0.15) is 5.76 Å². The lowest BCUT2D eigenvalue weighted by Gasteiger charge is -1.97. The van der Waals surface area contributed by atoms with Gasteiger partial charge in [-0.3, -0.25) is 15.5 Å². The van der Waals surface area contributed by atoms with Crippen LogP contribution in [0, 0.1) is 10.1 Å². The Morgan fingerprint density at radius 2 is 2.30 bits per heavy atom. The van der Waals surface area contributed by atoms with Gasteiger partial charge in [-0.25, -0.2) is 0 Å². The number of hydrogen-bond acceptors (Lipinski definition) is 9. The molecule has 0 unspecified atom stereocenters. The van der Waals surface area contributed by atoms with Crippen molar-refractivity contribution >= 4 is 23.6 Å². The predicted molar refractivity (Wildman–Crippen MR) is 65.2 cm³/mol. The molecule has 0 atom stereocenters. The molecule has 3 rings (SSSR count). The lowest BCUT2D eigenvalue weighted by Crippen LogP contribution is -1.99. The Labute approximate surface area is 110 Å². The van der Waals surface area contributed by atoms with Crippen LogP contribution in [0.3, 0.4) is 0 Å². The van der Waals surface area contributed by atoms with Crippen LogP contribution in [0.4, 0.5) is 11.7 Å². The molecule has 1 N–H and O–H groups in total. The summed E-state index contributed by atoms with van der Waals surface area (Å²) in [6.45, 7) is 0. The smallest absolute Gasteiger partial charge is 0.400 e. The van der Waals surface area contributed by atoms with Crippen molar-refractivity contribution < 1.29 is 9.34 Å². The normalized spacial score (nSPS) is 11.2. The second-order valence-electron chi connectivity index (χ2n) is 3.55. The molecule has 0 aromatic carbocycles. The molecule has 100 valence electrons. The summed E-state index contributed by atoms with van der Waals surface area (Å²) in [5, 5.41) is 29.1. The van der Waals surface area contributed by atoms with E-state index in [1.54, 1.807) is 12.1 Å². The fourth-order valence-electron chi connectivity index (χ4n) is 1.38. The van der Waals surface area contributed by atoms with E-state index in [-0.39, 0.29) is 11.6 Å². The molecule has 0 fully saturated rings. The van der Waals surface area contributed by atoms with Crippen LogP contribution in [-0.2, 0) is 0 Å². The van der Waals surface area contributed by atoms with Crippen LogP contribution in [-0.4, -0.2) is 36.4 Å². The van der Waals surface area contributed by atoms with E-state index in [0.717, 1.165) is 0 Å². The van der Waals surface area contributed by atoms with Gasteiger partial charge in [-0.1, -0.05) is 0 Å². The highest BCUT2D eigenvalue weighted by atomic mass is 16.6. The minimum Gasteiger partial charge on any atom is -0.400 e. The topological polar surface area (TPSA) is 137 Å². The Hall–Kier alpha value is -3.37. The highest BCUT2D eigenvalue weighted by molar-refractivity contribution is 5.76. The average molecular weight is 274 g/mol. The number of fused-ring (bicyclic) bond motifs is 1. The van der Waals surface area contributed by atoms with Gasteiger partial charge in [-0.2, -0.15) is 5.10 Å². The summed E-state index contributed by atoms with van der Waals surface area (Å²) in [5.41, 5.74) is 3.13. The van der Waals surface area contributed by atoms with Gasteiger partial charge in [0.05, 0.1) is 12.3 Å². The molecule has 0 aliphatic rings. The van der Waals surface area contributed by atoms with E-state index < -0.39 is 4.92 Å². The van der Waals surface area contributed by atoms with Gasteiger partial charge in [-0.15, -0.1) is 14.8 Å². The lowest BCUT2D eigenvalue weighted by molar-refractivity contribution is -0.402. The predicted octanol–water partition coefficient (Wildman–Crippen LogP) is 0.466. The third-order valence-corrected chi connectivity index (χ3v) is 2.23. The average Bonchev–Trinajstić information content (AvgIpc) is 3.06. The zero-order valence-corrected chi connectivity index (χ0v) is 9.74. The summed E-state index contributed by atoms with van der Waals surface area (Å²) >= 11 is 0. The summed E-state index contributed by atoms with van der Waals surface area (Å²) in [6, 6.07) is 5.96. The van der Waals surface area contributed by atoms with Crippen molar-refractivity contribution in [3.05, 3.63) is 40.1 Å². The van der Waals surface area contributed by atoms with Crippen LogP contribution < -0.4 is 5.43 Å². The summed E-state index contributed by atoms with van der Waals surface area (Å²) in [7, 11) is 0. The molecule has 0 radical (unpaired) electrons. The quantitative estimate of drug-likeness (QED) is 0.411. The number of rotatable bonds is 4. The number of furan rings is 1. The summed E-state index contributed by atoms with van der Waals surface area (Å²) < 4.78 is 6.13. The van der Waals surface area contributed by atoms with E-state index in [1.165, 1.54) is 23.0 Å².